The summed E-state index contributed by atoms with van der Waals surface area (Å²) in [6.07, 6.45) is 2.54. The zero-order valence-electron chi connectivity index (χ0n) is 20.5. The van der Waals surface area contributed by atoms with Gasteiger partial charge in [0, 0.05) is 24.3 Å². The maximum atomic E-state index is 12.8. The number of hydrogen-bond donors (Lipinski definition) is 2. The first-order valence-electron chi connectivity index (χ1n) is 12.0. The van der Waals surface area contributed by atoms with Crippen molar-refractivity contribution in [3.63, 3.8) is 0 Å². The van der Waals surface area contributed by atoms with E-state index >= 15 is 0 Å². The van der Waals surface area contributed by atoms with E-state index in [4.69, 9.17) is 0 Å². The molecule has 0 spiro atoms. The molecule has 4 rings (SSSR count). The molecule has 1 atom stereocenters. The lowest BCUT2D eigenvalue weighted by atomic mass is 9.99. The fraction of sp³-hybridized carbons (Fsp3) is 0.321. The van der Waals surface area contributed by atoms with Crippen LogP contribution in [0.3, 0.4) is 0 Å². The van der Waals surface area contributed by atoms with Crippen molar-refractivity contribution in [3.8, 4) is 0 Å². The van der Waals surface area contributed by atoms with Crippen molar-refractivity contribution in [3.05, 3.63) is 89.0 Å². The summed E-state index contributed by atoms with van der Waals surface area (Å²) in [5, 5.41) is 2.85. The molecule has 7 heteroatoms. The molecule has 0 radical (unpaired) electrons. The number of piperidine rings is 1. The molecule has 6 nitrogen and oxygen atoms in total. The average Bonchev–Trinajstić information content (AvgIpc) is 2.82. The summed E-state index contributed by atoms with van der Waals surface area (Å²) in [5.74, 6) is 0.505. The Balaban J connectivity index is 1.37. The first-order chi connectivity index (χ1) is 16.7. The summed E-state index contributed by atoms with van der Waals surface area (Å²) in [6, 6.07) is 19.5. The predicted molar refractivity (Wildman–Crippen MR) is 141 cm³/mol. The third kappa shape index (κ3) is 6.50. The third-order valence-electron chi connectivity index (χ3n) is 6.42. The van der Waals surface area contributed by atoms with Crippen LogP contribution in [0.25, 0.3) is 0 Å². The molecular formula is C28H33N3O3S. The van der Waals surface area contributed by atoms with Gasteiger partial charge in [0.15, 0.2) is 0 Å². The molecular weight excluding hydrogens is 458 g/mol. The van der Waals surface area contributed by atoms with E-state index in [1.807, 2.05) is 50.2 Å². The highest BCUT2D eigenvalue weighted by Gasteiger charge is 2.17. The van der Waals surface area contributed by atoms with E-state index < -0.39 is 10.0 Å². The molecule has 1 heterocycles. The van der Waals surface area contributed by atoms with Crippen LogP contribution in [0.1, 0.15) is 46.8 Å². The van der Waals surface area contributed by atoms with Crippen molar-refractivity contribution >= 4 is 27.3 Å². The molecule has 2 N–H and O–H groups in total. The summed E-state index contributed by atoms with van der Waals surface area (Å²) >= 11 is 0. The smallest absolute Gasteiger partial charge is 0.261 e. The number of carbonyl (C=O) groups excluding carboxylic acids is 1. The van der Waals surface area contributed by atoms with Gasteiger partial charge in [0.25, 0.3) is 15.9 Å². The third-order valence-corrected chi connectivity index (χ3v) is 7.80. The Morgan fingerprint density at radius 2 is 1.71 bits per heavy atom. The Hall–Kier alpha value is -3.16. The Labute approximate surface area is 208 Å². The maximum Gasteiger partial charge on any atom is 0.261 e. The highest BCUT2D eigenvalue weighted by atomic mass is 32.2. The highest BCUT2D eigenvalue weighted by Crippen LogP contribution is 2.23. The zero-order valence-corrected chi connectivity index (χ0v) is 21.4. The molecule has 1 aliphatic rings. The fourth-order valence-corrected chi connectivity index (χ4v) is 5.54. The number of rotatable bonds is 7. The van der Waals surface area contributed by atoms with E-state index in [-0.39, 0.29) is 10.8 Å². The molecule has 35 heavy (non-hydrogen) atoms. The molecule has 1 amide bonds. The summed E-state index contributed by atoms with van der Waals surface area (Å²) in [5.41, 5.74) is 4.67. The van der Waals surface area contributed by atoms with Gasteiger partial charge < -0.3 is 5.32 Å². The topological polar surface area (TPSA) is 78.5 Å². The van der Waals surface area contributed by atoms with Gasteiger partial charge in [-0.1, -0.05) is 31.2 Å². The van der Waals surface area contributed by atoms with Crippen LogP contribution in [0.15, 0.2) is 71.6 Å². The Bertz CT molecular complexity index is 1290. The largest absolute Gasteiger partial charge is 0.322 e. The van der Waals surface area contributed by atoms with Crippen molar-refractivity contribution in [2.75, 3.05) is 23.1 Å². The first-order valence-corrected chi connectivity index (χ1v) is 13.5. The SMILES string of the molecule is Cc1ccc(C)c(NS(=O)(=O)c2ccc(NC(=O)c3ccc(CN4CCC[C@@H](C)C4)cc3)cc2)c1. The number of amides is 1. The predicted octanol–water partition coefficient (Wildman–Crippen LogP) is 5.59. The van der Waals surface area contributed by atoms with Gasteiger partial charge in [-0.3, -0.25) is 14.4 Å². The number of nitrogens with one attached hydrogen (secondary N) is 2. The monoisotopic (exact) mass is 491 g/mol. The van der Waals surface area contributed by atoms with Gasteiger partial charge in [0.05, 0.1) is 10.6 Å². The number of anilines is 2. The van der Waals surface area contributed by atoms with Crippen LogP contribution >= 0.6 is 0 Å². The van der Waals surface area contributed by atoms with Crippen LogP contribution in [-0.4, -0.2) is 32.3 Å². The molecule has 0 aromatic heterocycles. The van der Waals surface area contributed by atoms with Gasteiger partial charge in [-0.05, 0) is 98.3 Å². The summed E-state index contributed by atoms with van der Waals surface area (Å²) in [6.45, 7) is 9.21. The van der Waals surface area contributed by atoms with Gasteiger partial charge in [0.1, 0.15) is 0 Å². The summed E-state index contributed by atoms with van der Waals surface area (Å²) in [4.78, 5) is 15.3. The minimum atomic E-state index is -3.74. The molecule has 0 saturated carbocycles. The number of benzene rings is 3. The van der Waals surface area contributed by atoms with Crippen LogP contribution in [0.4, 0.5) is 11.4 Å². The summed E-state index contributed by atoms with van der Waals surface area (Å²) < 4.78 is 28.3. The number of carbonyl (C=O) groups is 1. The van der Waals surface area contributed by atoms with Gasteiger partial charge in [-0.15, -0.1) is 0 Å². The highest BCUT2D eigenvalue weighted by molar-refractivity contribution is 7.92. The van der Waals surface area contributed by atoms with E-state index in [2.05, 4.69) is 21.9 Å². The van der Waals surface area contributed by atoms with Crippen molar-refractivity contribution in [1.82, 2.24) is 4.90 Å². The van der Waals surface area contributed by atoms with Crippen molar-refractivity contribution in [1.29, 1.82) is 0 Å². The van der Waals surface area contributed by atoms with Crippen LogP contribution in [-0.2, 0) is 16.6 Å². The lowest BCUT2D eigenvalue weighted by Crippen LogP contribution is -2.33. The fourth-order valence-electron chi connectivity index (χ4n) is 4.42. The van der Waals surface area contributed by atoms with Gasteiger partial charge >= 0.3 is 0 Å². The Morgan fingerprint density at radius 3 is 2.40 bits per heavy atom. The lowest BCUT2D eigenvalue weighted by molar-refractivity contribution is 0.102. The van der Waals surface area contributed by atoms with Crippen LogP contribution < -0.4 is 10.0 Å². The molecule has 1 fully saturated rings. The van der Waals surface area contributed by atoms with Crippen LogP contribution in [0.5, 0.6) is 0 Å². The second kappa shape index (κ2) is 10.6. The molecule has 184 valence electrons. The van der Waals surface area contributed by atoms with Crippen molar-refractivity contribution in [2.24, 2.45) is 5.92 Å². The molecule has 0 unspecified atom stereocenters. The van der Waals surface area contributed by atoms with Crippen LogP contribution in [0, 0.1) is 19.8 Å². The second-order valence-electron chi connectivity index (χ2n) is 9.58. The average molecular weight is 492 g/mol. The number of aryl methyl sites for hydroxylation is 2. The number of hydrogen-bond acceptors (Lipinski definition) is 4. The molecule has 1 saturated heterocycles. The second-order valence-corrected chi connectivity index (χ2v) is 11.3. The number of nitrogens with zero attached hydrogens (tertiary/aromatic N) is 1. The van der Waals surface area contributed by atoms with Crippen LogP contribution in [0.2, 0.25) is 0 Å². The number of likely N-dealkylation sites (tertiary alicyclic amines) is 1. The Morgan fingerprint density at radius 1 is 1.00 bits per heavy atom. The molecule has 0 bridgehead atoms. The van der Waals surface area contributed by atoms with Crippen molar-refractivity contribution < 1.29 is 13.2 Å². The maximum absolute atomic E-state index is 12.8. The lowest BCUT2D eigenvalue weighted by Gasteiger charge is -2.30. The van der Waals surface area contributed by atoms with E-state index in [0.29, 0.717) is 16.9 Å². The molecule has 1 aliphatic heterocycles. The quantitative estimate of drug-likeness (QED) is 0.452. The standard InChI is InChI=1S/C28H33N3O3S/c1-20-6-7-22(3)27(17-20)30-35(33,34)26-14-12-25(13-15-26)29-28(32)24-10-8-23(9-11-24)19-31-16-4-5-21(2)18-31/h6-15,17,21,30H,4-5,16,18-19H2,1-3H3,(H,29,32)/t21-/m1/s1. The minimum absolute atomic E-state index is 0.132. The first kappa shape index (κ1) is 24.9. The zero-order chi connectivity index (χ0) is 25.0. The molecule has 3 aromatic rings. The molecule has 0 aliphatic carbocycles. The number of sulfonamides is 1. The van der Waals surface area contributed by atoms with Gasteiger partial charge in [0.2, 0.25) is 0 Å². The van der Waals surface area contributed by atoms with E-state index in [0.717, 1.165) is 36.7 Å². The summed E-state index contributed by atoms with van der Waals surface area (Å²) in [7, 11) is -3.74. The van der Waals surface area contributed by atoms with E-state index in [9.17, 15) is 13.2 Å². The van der Waals surface area contributed by atoms with Gasteiger partial charge in [-0.2, -0.15) is 0 Å². The Kier molecular flexibility index (Phi) is 7.57. The normalized spacial score (nSPS) is 16.6. The van der Waals surface area contributed by atoms with Gasteiger partial charge in [-0.25, -0.2) is 8.42 Å². The van der Waals surface area contributed by atoms with Crippen molar-refractivity contribution in [2.45, 2.75) is 45.1 Å². The minimum Gasteiger partial charge on any atom is -0.322 e. The van der Waals surface area contributed by atoms with E-state index in [1.165, 1.54) is 30.5 Å². The van der Waals surface area contributed by atoms with E-state index in [1.54, 1.807) is 18.2 Å². The molecule has 3 aromatic carbocycles.